The lowest BCUT2D eigenvalue weighted by Gasteiger charge is -2.30. The Bertz CT molecular complexity index is 1840. The van der Waals surface area contributed by atoms with Crippen LogP contribution in [-0.4, -0.2) is 42.5 Å². The molecule has 10 heteroatoms. The highest BCUT2D eigenvalue weighted by atomic mass is 35.5. The Hall–Kier alpha value is -3.43. The van der Waals surface area contributed by atoms with Gasteiger partial charge in [0.05, 0.1) is 48.3 Å². The van der Waals surface area contributed by atoms with Gasteiger partial charge in [0.25, 0.3) is 0 Å². The Labute approximate surface area is 235 Å². The van der Waals surface area contributed by atoms with E-state index < -0.39 is 0 Å². The van der Waals surface area contributed by atoms with E-state index in [4.69, 9.17) is 16.6 Å². The van der Waals surface area contributed by atoms with E-state index in [2.05, 4.69) is 47.4 Å². The number of nitrogens with zero attached hydrogens (tertiary/aromatic N) is 6. The first-order valence-electron chi connectivity index (χ1n) is 13.1. The number of halogens is 1. The largest absolute Gasteiger partial charge is 0.369 e. The fourth-order valence-corrected chi connectivity index (χ4v) is 6.64. The summed E-state index contributed by atoms with van der Waals surface area (Å²) in [4.78, 5) is 37.8. The molecule has 0 spiro atoms. The number of carbonyl (C=O) groups excluding carboxylic acids is 1. The number of thiazole rings is 1. The maximum atomic E-state index is 13.0. The molecule has 0 N–H and O–H groups in total. The predicted molar refractivity (Wildman–Crippen MR) is 159 cm³/mol. The van der Waals surface area contributed by atoms with Gasteiger partial charge in [-0.15, -0.1) is 11.3 Å². The van der Waals surface area contributed by atoms with Gasteiger partial charge in [0.2, 0.25) is 0 Å². The van der Waals surface area contributed by atoms with Crippen molar-refractivity contribution in [1.29, 1.82) is 0 Å². The van der Waals surface area contributed by atoms with Gasteiger partial charge in [-0.3, -0.25) is 18.5 Å². The summed E-state index contributed by atoms with van der Waals surface area (Å²) in [6.07, 6.45) is 2.86. The maximum Gasteiger partial charge on any atom is 0.328 e. The molecule has 202 valence electrons. The lowest BCUT2D eigenvalue weighted by Crippen LogP contribution is -2.34. The summed E-state index contributed by atoms with van der Waals surface area (Å²) < 4.78 is 5.55. The number of carbonyl (C=O) groups is 1. The number of rotatable bonds is 3. The number of anilines is 1. The number of benzene rings is 2. The van der Waals surface area contributed by atoms with E-state index in [1.54, 1.807) is 34.6 Å². The van der Waals surface area contributed by atoms with Crippen LogP contribution < -0.4 is 10.6 Å². The van der Waals surface area contributed by atoms with Crippen LogP contribution in [0.3, 0.4) is 0 Å². The van der Waals surface area contributed by atoms with Crippen LogP contribution in [0.15, 0.2) is 35.3 Å². The Balaban J connectivity index is 1.65. The van der Waals surface area contributed by atoms with Gasteiger partial charge >= 0.3 is 5.69 Å². The number of piperidine rings is 1. The van der Waals surface area contributed by atoms with Gasteiger partial charge in [-0.05, 0) is 31.2 Å². The predicted octanol–water partition coefficient (Wildman–Crippen LogP) is 5.77. The topological polar surface area (TPSA) is 78.0 Å². The minimum atomic E-state index is -0.276. The van der Waals surface area contributed by atoms with E-state index in [1.807, 2.05) is 25.3 Å². The zero-order chi connectivity index (χ0) is 27.8. The highest BCUT2D eigenvalue weighted by molar-refractivity contribution is 7.15. The smallest absolute Gasteiger partial charge is 0.328 e. The summed E-state index contributed by atoms with van der Waals surface area (Å²) in [5.41, 5.74) is 5.84. The molecule has 0 bridgehead atoms. The molecular weight excluding hydrogens is 532 g/mol. The van der Waals surface area contributed by atoms with Crippen LogP contribution in [0.4, 0.5) is 5.69 Å². The fraction of sp³-hybridized carbons (Fsp3) is 0.379. The third-order valence-electron chi connectivity index (χ3n) is 7.55. The molecule has 2 aromatic carbocycles. The zero-order valence-electron chi connectivity index (χ0n) is 23.0. The zero-order valence-corrected chi connectivity index (χ0v) is 24.6. The molecule has 3 aromatic heterocycles. The quantitative estimate of drug-likeness (QED) is 0.279. The van der Waals surface area contributed by atoms with Crippen LogP contribution in [-0.2, 0) is 24.3 Å². The van der Waals surface area contributed by atoms with Gasteiger partial charge in [0, 0.05) is 57.2 Å². The molecule has 5 aromatic rings. The minimum Gasteiger partial charge on any atom is -0.369 e. The van der Waals surface area contributed by atoms with Crippen LogP contribution in [0.1, 0.15) is 44.4 Å². The molecule has 0 atom stereocenters. The van der Waals surface area contributed by atoms with Crippen LogP contribution >= 0.6 is 22.9 Å². The Morgan fingerprint density at radius 3 is 2.33 bits per heavy atom. The van der Waals surface area contributed by atoms with Crippen LogP contribution in [0.25, 0.3) is 38.2 Å². The third kappa shape index (κ3) is 4.19. The van der Waals surface area contributed by atoms with Crippen molar-refractivity contribution in [2.75, 3.05) is 18.0 Å². The highest BCUT2D eigenvalue weighted by Gasteiger charge is 2.28. The van der Waals surface area contributed by atoms with Crippen LogP contribution in [0, 0.1) is 6.92 Å². The number of aryl methyl sites for hydroxylation is 3. The van der Waals surface area contributed by atoms with Crippen molar-refractivity contribution in [1.82, 2.24) is 23.7 Å². The molecule has 39 heavy (non-hydrogen) atoms. The van der Waals surface area contributed by atoms with E-state index >= 15 is 0 Å². The molecule has 0 unspecified atom stereocenters. The van der Waals surface area contributed by atoms with E-state index in [1.165, 1.54) is 0 Å². The lowest BCUT2D eigenvalue weighted by atomic mass is 9.95. The van der Waals surface area contributed by atoms with Crippen molar-refractivity contribution in [2.45, 2.75) is 46.0 Å². The molecule has 4 heterocycles. The number of fused-ring (bicyclic) bond motifs is 2. The summed E-state index contributed by atoms with van der Waals surface area (Å²) in [6, 6.07) is 8.21. The fourth-order valence-electron chi connectivity index (χ4n) is 5.52. The van der Waals surface area contributed by atoms with Gasteiger partial charge in [-0.25, -0.2) is 14.8 Å². The number of aromatic nitrogens is 5. The second-order valence-electron chi connectivity index (χ2n) is 11.3. The normalized spacial score (nSPS) is 14.7. The summed E-state index contributed by atoms with van der Waals surface area (Å²) in [7, 11) is 3.60. The molecule has 0 saturated carbocycles. The summed E-state index contributed by atoms with van der Waals surface area (Å²) in [5.74, 6) is 1.17. The molecule has 1 saturated heterocycles. The molecule has 0 aliphatic carbocycles. The highest BCUT2D eigenvalue weighted by Crippen LogP contribution is 2.39. The average Bonchev–Trinajstić information content (AvgIpc) is 3.55. The molecule has 1 aliphatic rings. The summed E-state index contributed by atoms with van der Waals surface area (Å²) in [6.45, 7) is 9.67. The van der Waals surface area contributed by atoms with Gasteiger partial charge in [0.1, 0.15) is 11.6 Å². The molecule has 1 aliphatic heterocycles. The average molecular weight is 563 g/mol. The lowest BCUT2D eigenvalue weighted by molar-refractivity contribution is -0.119. The van der Waals surface area contributed by atoms with Gasteiger partial charge in [0.15, 0.2) is 0 Å². The first-order valence-corrected chi connectivity index (χ1v) is 14.2. The van der Waals surface area contributed by atoms with Crippen molar-refractivity contribution in [3.63, 3.8) is 0 Å². The van der Waals surface area contributed by atoms with E-state index in [-0.39, 0.29) is 16.9 Å². The Kier molecular flexibility index (Phi) is 6.00. The number of hydrogen-bond donors (Lipinski definition) is 0. The van der Waals surface area contributed by atoms with Crippen molar-refractivity contribution in [2.24, 2.45) is 14.1 Å². The molecule has 0 amide bonds. The van der Waals surface area contributed by atoms with E-state index in [9.17, 15) is 9.59 Å². The van der Waals surface area contributed by atoms with E-state index in [0.29, 0.717) is 31.0 Å². The molecular formula is C29H31ClN6O2S. The van der Waals surface area contributed by atoms with Gasteiger partial charge < -0.3 is 4.90 Å². The second-order valence-corrected chi connectivity index (χ2v) is 13.0. The first kappa shape index (κ1) is 25.8. The second kappa shape index (κ2) is 9.06. The van der Waals surface area contributed by atoms with Crippen LogP contribution in [0.5, 0.6) is 0 Å². The summed E-state index contributed by atoms with van der Waals surface area (Å²) in [5, 5.41) is 1.62. The molecule has 0 radical (unpaired) electrons. The number of hydrogen-bond acceptors (Lipinski definition) is 6. The number of Topliss-reactive ketones (excluding diaryl/α,β-unsaturated/α-hetero) is 1. The van der Waals surface area contributed by atoms with Crippen molar-refractivity contribution >= 4 is 56.5 Å². The van der Waals surface area contributed by atoms with Crippen molar-refractivity contribution in [3.8, 4) is 16.1 Å². The SMILES string of the molecule is Cc1ncc(-c2cc3nc(C(C)(C)C)n(-c4cc(N5CCC(=O)CC5)c5c(c4)n(C)c(=O)n5C)c3cc2Cl)s1. The molecule has 6 rings (SSSR count). The maximum absolute atomic E-state index is 13.0. The minimum absolute atomic E-state index is 0.0874. The van der Waals surface area contributed by atoms with E-state index in [0.717, 1.165) is 54.7 Å². The Morgan fingerprint density at radius 2 is 1.69 bits per heavy atom. The first-order chi connectivity index (χ1) is 18.4. The van der Waals surface area contributed by atoms with Crippen molar-refractivity contribution < 1.29 is 4.79 Å². The monoisotopic (exact) mass is 562 g/mol. The summed E-state index contributed by atoms with van der Waals surface area (Å²) >= 11 is 8.50. The van der Waals surface area contributed by atoms with Crippen LogP contribution in [0.2, 0.25) is 5.02 Å². The number of imidazole rings is 2. The Morgan fingerprint density at radius 1 is 0.974 bits per heavy atom. The van der Waals surface area contributed by atoms with Gasteiger partial charge in [-0.1, -0.05) is 32.4 Å². The molecule has 8 nitrogen and oxygen atoms in total. The van der Waals surface area contributed by atoms with Gasteiger partial charge in [-0.2, -0.15) is 0 Å². The van der Waals surface area contributed by atoms with Crippen molar-refractivity contribution in [3.05, 3.63) is 56.8 Å². The molecule has 1 fully saturated rings. The third-order valence-corrected chi connectivity index (χ3v) is 8.80. The standard InChI is InChI=1S/C29H31ClN6O2S/c1-16-31-15-25(39-16)19-13-21-22(14-20(19)30)36(27(32-21)29(2,3)4)17-11-23-26(34(6)28(38)33(23)5)24(12-17)35-9-7-18(37)8-10-35/h11-15H,7-10H2,1-6H3. The number of ketones is 1.